The van der Waals surface area contributed by atoms with Crippen LogP contribution >= 0.6 is 0 Å². The molecule has 180 valence electrons. The third kappa shape index (κ3) is 5.65. The van der Waals surface area contributed by atoms with Gasteiger partial charge >= 0.3 is 0 Å². The van der Waals surface area contributed by atoms with Crippen LogP contribution in [0.4, 0.5) is 0 Å². The van der Waals surface area contributed by atoms with Crippen molar-refractivity contribution in [2.45, 2.75) is 57.7 Å². The second-order valence-electron chi connectivity index (χ2n) is 8.77. The molecule has 9 heteroatoms. The number of nitrogens with zero attached hydrogens (tertiary/aromatic N) is 2. The van der Waals surface area contributed by atoms with Crippen molar-refractivity contribution in [3.8, 4) is 0 Å². The van der Waals surface area contributed by atoms with Crippen molar-refractivity contribution < 1.29 is 24.0 Å². The molecule has 9 nitrogen and oxygen atoms in total. The molecule has 2 N–H and O–H groups in total. The summed E-state index contributed by atoms with van der Waals surface area (Å²) in [6.45, 7) is 4.01. The molecule has 34 heavy (non-hydrogen) atoms. The molecule has 1 aliphatic heterocycles. The van der Waals surface area contributed by atoms with E-state index in [1.54, 1.807) is 12.3 Å². The van der Waals surface area contributed by atoms with Crippen LogP contribution in [0, 0.1) is 5.92 Å². The summed E-state index contributed by atoms with van der Waals surface area (Å²) in [5.41, 5.74) is 0.229. The van der Waals surface area contributed by atoms with Crippen LogP contribution in [0.5, 0.6) is 0 Å². The molecule has 0 bridgehead atoms. The highest BCUT2D eigenvalue weighted by atomic mass is 16.2. The second kappa shape index (κ2) is 11.5. The molecule has 0 aliphatic carbocycles. The van der Waals surface area contributed by atoms with E-state index >= 15 is 0 Å². The zero-order valence-electron chi connectivity index (χ0n) is 19.4. The Labute approximate surface area is 198 Å². The van der Waals surface area contributed by atoms with Gasteiger partial charge in [-0.3, -0.25) is 19.4 Å². The normalized spacial score (nSPS) is 17.6. The van der Waals surface area contributed by atoms with Crippen molar-refractivity contribution in [3.05, 3.63) is 42.2 Å². The van der Waals surface area contributed by atoms with Crippen molar-refractivity contribution in [3.63, 3.8) is 0 Å². The SMILES string of the molecule is CC(C)[C@H](NC(=O)c1nccc2ccccc12)C(=O)N1CCCCC1C(=O)NC(C=O)CC=O. The number of hydrogen-bond donors (Lipinski definition) is 2. The lowest BCUT2D eigenvalue weighted by molar-refractivity contribution is -0.145. The third-order valence-electron chi connectivity index (χ3n) is 6.04. The molecule has 1 aromatic carbocycles. The molecule has 3 rings (SSSR count). The molecular formula is C25H30N4O5. The molecule has 0 radical (unpaired) electrons. The number of likely N-dealkylation sites (tertiary alicyclic amines) is 1. The number of aromatic nitrogens is 1. The van der Waals surface area contributed by atoms with Gasteiger partial charge in [0.25, 0.3) is 5.91 Å². The van der Waals surface area contributed by atoms with Gasteiger partial charge in [0.15, 0.2) is 0 Å². The Morgan fingerprint density at radius 1 is 1.12 bits per heavy atom. The number of hydrogen-bond acceptors (Lipinski definition) is 6. The molecule has 0 saturated carbocycles. The van der Waals surface area contributed by atoms with E-state index in [0.29, 0.717) is 30.9 Å². The smallest absolute Gasteiger partial charge is 0.271 e. The third-order valence-corrected chi connectivity index (χ3v) is 6.04. The van der Waals surface area contributed by atoms with Crippen molar-refractivity contribution in [1.82, 2.24) is 20.5 Å². The number of aldehydes is 2. The molecule has 1 aromatic heterocycles. The van der Waals surface area contributed by atoms with Crippen LogP contribution < -0.4 is 10.6 Å². The topological polar surface area (TPSA) is 126 Å². The first-order chi connectivity index (χ1) is 16.4. The largest absolute Gasteiger partial charge is 0.344 e. The maximum Gasteiger partial charge on any atom is 0.271 e. The van der Waals surface area contributed by atoms with E-state index in [-0.39, 0.29) is 23.9 Å². The van der Waals surface area contributed by atoms with E-state index < -0.39 is 29.9 Å². The van der Waals surface area contributed by atoms with Gasteiger partial charge < -0.3 is 25.1 Å². The Morgan fingerprint density at radius 3 is 2.59 bits per heavy atom. The lowest BCUT2D eigenvalue weighted by Crippen LogP contribution is -2.59. The maximum atomic E-state index is 13.6. The summed E-state index contributed by atoms with van der Waals surface area (Å²) in [7, 11) is 0. The quantitative estimate of drug-likeness (QED) is 0.541. The lowest BCUT2D eigenvalue weighted by Gasteiger charge is -2.38. The summed E-state index contributed by atoms with van der Waals surface area (Å²) in [4.78, 5) is 67.2. The van der Waals surface area contributed by atoms with Crippen molar-refractivity contribution in [2.75, 3.05) is 6.54 Å². The number of amides is 3. The summed E-state index contributed by atoms with van der Waals surface area (Å²) in [5.74, 6) is -1.54. The Kier molecular flexibility index (Phi) is 8.45. The molecule has 1 fully saturated rings. The van der Waals surface area contributed by atoms with E-state index in [1.165, 1.54) is 4.90 Å². The minimum absolute atomic E-state index is 0.126. The number of piperidine rings is 1. The van der Waals surface area contributed by atoms with Gasteiger partial charge in [-0.05, 0) is 36.6 Å². The van der Waals surface area contributed by atoms with Gasteiger partial charge in [-0.2, -0.15) is 0 Å². The van der Waals surface area contributed by atoms with Crippen LogP contribution in [0.3, 0.4) is 0 Å². The standard InChI is InChI=1S/C25H30N4O5/c1-16(2)21(28-24(33)22-19-8-4-3-7-17(19)10-12-26-22)25(34)29-13-6-5-9-20(29)23(32)27-18(15-31)11-14-30/h3-4,7-8,10,12,14-16,18,20-21H,5-6,9,11,13H2,1-2H3,(H,27,32)(H,28,33)/t18?,20?,21-/m0/s1. The fourth-order valence-electron chi connectivity index (χ4n) is 4.20. The number of nitrogens with one attached hydrogen (secondary N) is 2. The first-order valence-corrected chi connectivity index (χ1v) is 11.5. The minimum atomic E-state index is -0.929. The van der Waals surface area contributed by atoms with Crippen molar-refractivity contribution >= 4 is 41.1 Å². The molecule has 2 unspecified atom stereocenters. The number of pyridine rings is 1. The van der Waals surface area contributed by atoms with E-state index in [1.807, 2.05) is 38.1 Å². The average molecular weight is 467 g/mol. The number of carbonyl (C=O) groups excluding carboxylic acids is 5. The maximum absolute atomic E-state index is 13.6. The molecule has 0 spiro atoms. The van der Waals surface area contributed by atoms with E-state index in [2.05, 4.69) is 15.6 Å². The van der Waals surface area contributed by atoms with Gasteiger partial charge in [0.1, 0.15) is 30.3 Å². The Bertz CT molecular complexity index is 1060. The minimum Gasteiger partial charge on any atom is -0.344 e. The van der Waals surface area contributed by atoms with Gasteiger partial charge in [-0.1, -0.05) is 38.1 Å². The molecule has 3 atom stereocenters. The Morgan fingerprint density at radius 2 is 1.88 bits per heavy atom. The fraction of sp³-hybridized carbons (Fsp3) is 0.440. The van der Waals surface area contributed by atoms with Gasteiger partial charge in [-0.25, -0.2) is 0 Å². The van der Waals surface area contributed by atoms with Gasteiger partial charge in [0.05, 0.1) is 6.04 Å². The number of rotatable bonds is 9. The molecular weight excluding hydrogens is 436 g/mol. The second-order valence-corrected chi connectivity index (χ2v) is 8.77. The molecule has 2 aromatic rings. The van der Waals surface area contributed by atoms with E-state index in [0.717, 1.165) is 18.2 Å². The van der Waals surface area contributed by atoms with E-state index in [9.17, 15) is 24.0 Å². The van der Waals surface area contributed by atoms with Crippen LogP contribution in [0.1, 0.15) is 50.0 Å². The van der Waals surface area contributed by atoms with Crippen LogP contribution in [0.15, 0.2) is 36.5 Å². The fourth-order valence-corrected chi connectivity index (χ4v) is 4.20. The number of benzene rings is 1. The van der Waals surface area contributed by atoms with Crippen LogP contribution in [0.25, 0.3) is 10.8 Å². The summed E-state index contributed by atoms with van der Waals surface area (Å²) >= 11 is 0. The zero-order valence-corrected chi connectivity index (χ0v) is 19.4. The predicted octanol–water partition coefficient (Wildman–Crippen LogP) is 1.64. The highest BCUT2D eigenvalue weighted by molar-refractivity contribution is 6.06. The van der Waals surface area contributed by atoms with Gasteiger partial charge in [0, 0.05) is 24.5 Å². The van der Waals surface area contributed by atoms with Crippen LogP contribution in [0.2, 0.25) is 0 Å². The van der Waals surface area contributed by atoms with Crippen LogP contribution in [-0.2, 0) is 19.2 Å². The zero-order chi connectivity index (χ0) is 24.7. The van der Waals surface area contributed by atoms with E-state index in [4.69, 9.17) is 0 Å². The Balaban J connectivity index is 1.80. The highest BCUT2D eigenvalue weighted by Gasteiger charge is 2.38. The average Bonchev–Trinajstić information content (AvgIpc) is 2.85. The summed E-state index contributed by atoms with van der Waals surface area (Å²) in [6, 6.07) is 6.62. The number of fused-ring (bicyclic) bond motifs is 1. The lowest BCUT2D eigenvalue weighted by atomic mass is 9.96. The summed E-state index contributed by atoms with van der Waals surface area (Å²) < 4.78 is 0. The molecule has 2 heterocycles. The number of carbonyl (C=O) groups is 5. The summed E-state index contributed by atoms with van der Waals surface area (Å²) in [5, 5.41) is 6.92. The first kappa shape index (κ1) is 25.0. The first-order valence-electron chi connectivity index (χ1n) is 11.5. The van der Waals surface area contributed by atoms with Crippen LogP contribution in [-0.4, -0.2) is 64.8 Å². The summed E-state index contributed by atoms with van der Waals surface area (Å²) in [6.07, 6.45) is 4.42. The van der Waals surface area contributed by atoms with Crippen molar-refractivity contribution in [2.24, 2.45) is 5.92 Å². The highest BCUT2D eigenvalue weighted by Crippen LogP contribution is 2.21. The van der Waals surface area contributed by atoms with Gasteiger partial charge in [0.2, 0.25) is 11.8 Å². The predicted molar refractivity (Wildman–Crippen MR) is 126 cm³/mol. The van der Waals surface area contributed by atoms with Gasteiger partial charge in [-0.15, -0.1) is 0 Å². The van der Waals surface area contributed by atoms with Crippen molar-refractivity contribution in [1.29, 1.82) is 0 Å². The Hall–Kier alpha value is -3.62. The molecule has 1 saturated heterocycles. The molecule has 3 amide bonds. The molecule has 1 aliphatic rings. The monoisotopic (exact) mass is 466 g/mol.